The quantitative estimate of drug-likeness (QED) is 0.379. The standard InChI is InChI=1S/C22H24N2O4S/c1-5-11-28-18-9-7-16(8-10-18)12-17(13-23)20(25)24-21-19(22(26)27-6-2)14(3)15(4)29-21/h7-10,12H,5-6,11H2,1-4H3,(H,24,25)/b17-12+. The Hall–Kier alpha value is -3.11. The van der Waals surface area contributed by atoms with Crippen molar-refractivity contribution in [1.82, 2.24) is 0 Å². The van der Waals surface area contributed by atoms with Crippen LogP contribution in [0.5, 0.6) is 5.75 Å². The minimum Gasteiger partial charge on any atom is -0.494 e. The number of carbonyl (C=O) groups excluding carboxylic acids is 2. The zero-order valence-corrected chi connectivity index (χ0v) is 17.8. The second-order valence-corrected chi connectivity index (χ2v) is 7.47. The second-order valence-electron chi connectivity index (χ2n) is 6.25. The SMILES string of the molecule is CCCOc1ccc(/C=C(\C#N)C(=O)Nc2sc(C)c(C)c2C(=O)OCC)cc1. The van der Waals surface area contributed by atoms with E-state index in [1.165, 1.54) is 17.4 Å². The van der Waals surface area contributed by atoms with Crippen molar-refractivity contribution in [3.63, 3.8) is 0 Å². The zero-order valence-electron chi connectivity index (χ0n) is 17.0. The lowest BCUT2D eigenvalue weighted by molar-refractivity contribution is -0.112. The second kappa shape index (κ2) is 10.4. The van der Waals surface area contributed by atoms with Crippen molar-refractivity contribution in [2.24, 2.45) is 0 Å². The Morgan fingerprint density at radius 3 is 2.48 bits per heavy atom. The summed E-state index contributed by atoms with van der Waals surface area (Å²) in [5.41, 5.74) is 1.72. The Morgan fingerprint density at radius 1 is 1.21 bits per heavy atom. The summed E-state index contributed by atoms with van der Waals surface area (Å²) in [6.45, 7) is 8.28. The molecule has 0 radical (unpaired) electrons. The van der Waals surface area contributed by atoms with Crippen LogP contribution in [0.1, 0.15) is 46.6 Å². The Kier molecular flexibility index (Phi) is 7.98. The van der Waals surface area contributed by atoms with Gasteiger partial charge in [-0.05, 0) is 56.5 Å². The van der Waals surface area contributed by atoms with E-state index in [4.69, 9.17) is 9.47 Å². The number of thiophene rings is 1. The van der Waals surface area contributed by atoms with Gasteiger partial charge in [0.25, 0.3) is 5.91 Å². The molecule has 0 atom stereocenters. The van der Waals surface area contributed by atoms with Gasteiger partial charge in [-0.1, -0.05) is 19.1 Å². The predicted molar refractivity (Wildman–Crippen MR) is 114 cm³/mol. The molecule has 0 aliphatic carbocycles. The fourth-order valence-electron chi connectivity index (χ4n) is 2.53. The van der Waals surface area contributed by atoms with Gasteiger partial charge in [0.2, 0.25) is 0 Å². The molecule has 1 N–H and O–H groups in total. The van der Waals surface area contributed by atoms with E-state index in [1.807, 2.05) is 19.9 Å². The number of hydrogen-bond donors (Lipinski definition) is 1. The number of nitrogens with zero attached hydrogens (tertiary/aromatic N) is 1. The summed E-state index contributed by atoms with van der Waals surface area (Å²) in [4.78, 5) is 25.8. The van der Waals surface area contributed by atoms with Gasteiger partial charge < -0.3 is 14.8 Å². The van der Waals surface area contributed by atoms with E-state index in [2.05, 4.69) is 5.32 Å². The number of amides is 1. The number of hydrogen-bond acceptors (Lipinski definition) is 6. The lowest BCUT2D eigenvalue weighted by Crippen LogP contribution is -2.16. The number of carbonyl (C=O) groups is 2. The van der Waals surface area contributed by atoms with Gasteiger partial charge in [-0.3, -0.25) is 4.79 Å². The van der Waals surface area contributed by atoms with Crippen molar-refractivity contribution in [2.45, 2.75) is 34.1 Å². The van der Waals surface area contributed by atoms with Gasteiger partial charge in [0.1, 0.15) is 22.4 Å². The monoisotopic (exact) mass is 412 g/mol. The van der Waals surface area contributed by atoms with E-state index >= 15 is 0 Å². The molecule has 29 heavy (non-hydrogen) atoms. The third kappa shape index (κ3) is 5.69. The highest BCUT2D eigenvalue weighted by atomic mass is 32.1. The average Bonchev–Trinajstić information content (AvgIpc) is 2.98. The first kappa shape index (κ1) is 22.2. The van der Waals surface area contributed by atoms with Crippen LogP contribution in [0.2, 0.25) is 0 Å². The van der Waals surface area contributed by atoms with Crippen LogP contribution in [-0.4, -0.2) is 25.1 Å². The maximum Gasteiger partial charge on any atom is 0.341 e. The Balaban J connectivity index is 2.23. The summed E-state index contributed by atoms with van der Waals surface area (Å²) in [6, 6.07) is 9.06. The molecule has 0 saturated carbocycles. The Bertz CT molecular complexity index is 952. The van der Waals surface area contributed by atoms with Crippen LogP contribution in [0.3, 0.4) is 0 Å². The molecule has 0 aliphatic rings. The minimum absolute atomic E-state index is 0.0641. The zero-order chi connectivity index (χ0) is 21.4. The smallest absolute Gasteiger partial charge is 0.341 e. The lowest BCUT2D eigenvalue weighted by Gasteiger charge is -2.07. The maximum absolute atomic E-state index is 12.6. The molecule has 1 amide bonds. The van der Waals surface area contributed by atoms with Crippen molar-refractivity contribution < 1.29 is 19.1 Å². The van der Waals surface area contributed by atoms with Gasteiger partial charge in [0.15, 0.2) is 0 Å². The molecule has 0 unspecified atom stereocenters. The summed E-state index contributed by atoms with van der Waals surface area (Å²) in [5, 5.41) is 12.5. The minimum atomic E-state index is -0.578. The fraction of sp³-hybridized carbons (Fsp3) is 0.318. The van der Waals surface area contributed by atoms with Gasteiger partial charge in [0, 0.05) is 4.88 Å². The van der Waals surface area contributed by atoms with E-state index in [9.17, 15) is 14.9 Å². The third-order valence-corrected chi connectivity index (χ3v) is 5.24. The summed E-state index contributed by atoms with van der Waals surface area (Å²) < 4.78 is 10.6. The van der Waals surface area contributed by atoms with E-state index < -0.39 is 11.9 Å². The van der Waals surface area contributed by atoms with Crippen molar-refractivity contribution in [3.05, 3.63) is 51.4 Å². The molecule has 1 heterocycles. The molecule has 1 aromatic carbocycles. The van der Waals surface area contributed by atoms with Gasteiger partial charge in [-0.2, -0.15) is 5.26 Å². The molecular formula is C22H24N2O4S. The van der Waals surface area contributed by atoms with Crippen LogP contribution < -0.4 is 10.1 Å². The van der Waals surface area contributed by atoms with Crippen LogP contribution in [-0.2, 0) is 9.53 Å². The number of nitriles is 1. The number of aryl methyl sites for hydroxylation is 1. The molecule has 152 valence electrons. The maximum atomic E-state index is 12.6. The van der Waals surface area contributed by atoms with Crippen molar-refractivity contribution >= 4 is 34.3 Å². The molecule has 0 fully saturated rings. The first-order valence-corrected chi connectivity index (χ1v) is 10.2. The van der Waals surface area contributed by atoms with Crippen LogP contribution in [0.25, 0.3) is 6.08 Å². The molecular weight excluding hydrogens is 388 g/mol. The summed E-state index contributed by atoms with van der Waals surface area (Å²) in [5.74, 6) is -0.337. The highest BCUT2D eigenvalue weighted by molar-refractivity contribution is 7.16. The van der Waals surface area contributed by atoms with Gasteiger partial charge in [0.05, 0.1) is 18.8 Å². The molecule has 0 saturated heterocycles. The first-order chi connectivity index (χ1) is 13.9. The Labute approximate surface area is 174 Å². The third-order valence-electron chi connectivity index (χ3n) is 4.12. The molecule has 0 spiro atoms. The number of esters is 1. The van der Waals surface area contributed by atoms with E-state index in [-0.39, 0.29) is 12.2 Å². The number of benzene rings is 1. The molecule has 2 rings (SSSR count). The molecule has 7 heteroatoms. The largest absolute Gasteiger partial charge is 0.494 e. The summed E-state index contributed by atoms with van der Waals surface area (Å²) in [7, 11) is 0. The van der Waals surface area contributed by atoms with Gasteiger partial charge >= 0.3 is 5.97 Å². The number of anilines is 1. The summed E-state index contributed by atoms with van der Waals surface area (Å²) >= 11 is 1.28. The molecule has 0 aliphatic heterocycles. The van der Waals surface area contributed by atoms with Gasteiger partial charge in [-0.25, -0.2) is 4.79 Å². The van der Waals surface area contributed by atoms with Crippen LogP contribution in [0.4, 0.5) is 5.00 Å². The average molecular weight is 413 g/mol. The van der Waals surface area contributed by atoms with E-state index in [0.717, 1.165) is 22.6 Å². The van der Waals surface area contributed by atoms with E-state index in [0.29, 0.717) is 22.7 Å². The fourth-order valence-corrected chi connectivity index (χ4v) is 3.57. The number of nitrogens with one attached hydrogen (secondary N) is 1. The van der Waals surface area contributed by atoms with Gasteiger partial charge in [-0.15, -0.1) is 11.3 Å². The van der Waals surface area contributed by atoms with Crippen molar-refractivity contribution in [2.75, 3.05) is 18.5 Å². The molecule has 0 bridgehead atoms. The molecule has 6 nitrogen and oxygen atoms in total. The first-order valence-electron chi connectivity index (χ1n) is 9.34. The normalized spacial score (nSPS) is 10.9. The topological polar surface area (TPSA) is 88.4 Å². The summed E-state index contributed by atoms with van der Waals surface area (Å²) in [6.07, 6.45) is 2.41. The van der Waals surface area contributed by atoms with Crippen LogP contribution in [0, 0.1) is 25.2 Å². The number of rotatable bonds is 8. The van der Waals surface area contributed by atoms with Crippen LogP contribution >= 0.6 is 11.3 Å². The van der Waals surface area contributed by atoms with Crippen LogP contribution in [0.15, 0.2) is 29.8 Å². The van der Waals surface area contributed by atoms with E-state index in [1.54, 1.807) is 38.1 Å². The van der Waals surface area contributed by atoms with Crippen molar-refractivity contribution in [3.8, 4) is 11.8 Å². The Morgan fingerprint density at radius 2 is 1.90 bits per heavy atom. The predicted octanol–water partition coefficient (Wildman–Crippen LogP) is 4.88. The number of ether oxygens (including phenoxy) is 2. The highest BCUT2D eigenvalue weighted by Gasteiger charge is 2.23. The van der Waals surface area contributed by atoms with Crippen molar-refractivity contribution in [1.29, 1.82) is 5.26 Å². The highest BCUT2D eigenvalue weighted by Crippen LogP contribution is 2.33. The molecule has 2 aromatic rings. The molecule has 1 aromatic heterocycles. The lowest BCUT2D eigenvalue weighted by atomic mass is 10.1.